The van der Waals surface area contributed by atoms with Crippen LogP contribution >= 0.6 is 0 Å². The van der Waals surface area contributed by atoms with Crippen LogP contribution in [0.1, 0.15) is 30.7 Å². The van der Waals surface area contributed by atoms with Crippen LogP contribution in [0.5, 0.6) is 0 Å². The molecular formula is C18H20N4O. The van der Waals surface area contributed by atoms with Gasteiger partial charge in [0, 0.05) is 31.8 Å². The minimum atomic E-state index is -0.361. The van der Waals surface area contributed by atoms with Crippen LogP contribution in [0.4, 0.5) is 0 Å². The number of nitriles is 1. The van der Waals surface area contributed by atoms with Crippen molar-refractivity contribution >= 4 is 5.78 Å². The molecule has 1 heterocycles. The molecule has 1 aliphatic carbocycles. The Labute approximate surface area is 136 Å². The molecule has 0 amide bonds. The molecule has 5 heteroatoms. The molecule has 2 aliphatic rings. The summed E-state index contributed by atoms with van der Waals surface area (Å²) in [5, 5.41) is 13.3. The number of ketones is 1. The highest BCUT2D eigenvalue weighted by molar-refractivity contribution is 5.99. The number of hydrazine groups is 1. The van der Waals surface area contributed by atoms with Gasteiger partial charge in [-0.15, -0.1) is 0 Å². The Balaban J connectivity index is 2.26. The molecule has 2 N–H and O–H groups in total. The molecule has 0 radical (unpaired) electrons. The van der Waals surface area contributed by atoms with Gasteiger partial charge in [-0.1, -0.05) is 30.3 Å². The molecule has 118 valence electrons. The summed E-state index contributed by atoms with van der Waals surface area (Å²) < 4.78 is 0. The molecule has 1 aliphatic heterocycles. The van der Waals surface area contributed by atoms with Crippen LogP contribution in [-0.4, -0.2) is 29.9 Å². The van der Waals surface area contributed by atoms with Crippen molar-refractivity contribution in [2.45, 2.75) is 25.2 Å². The van der Waals surface area contributed by atoms with E-state index in [-0.39, 0.29) is 11.7 Å². The Hall–Kier alpha value is -2.58. The highest BCUT2D eigenvalue weighted by Crippen LogP contribution is 2.44. The van der Waals surface area contributed by atoms with Crippen molar-refractivity contribution < 1.29 is 4.79 Å². The first kappa shape index (κ1) is 15.3. The zero-order chi connectivity index (χ0) is 16.6. The van der Waals surface area contributed by atoms with Crippen molar-refractivity contribution in [3.05, 3.63) is 58.6 Å². The third kappa shape index (κ3) is 2.41. The van der Waals surface area contributed by atoms with Crippen LogP contribution in [0.2, 0.25) is 0 Å². The van der Waals surface area contributed by atoms with Crippen molar-refractivity contribution in [1.29, 1.82) is 5.26 Å². The number of benzene rings is 1. The van der Waals surface area contributed by atoms with Crippen LogP contribution in [0, 0.1) is 11.3 Å². The lowest BCUT2D eigenvalue weighted by molar-refractivity contribution is -0.116. The molecule has 0 saturated carbocycles. The van der Waals surface area contributed by atoms with Gasteiger partial charge in [0.1, 0.15) is 5.82 Å². The SMILES string of the molecule is CN(C)N1C(N)=C(C#N)[C@@H](c2ccccc2)C2=C1CCCC2=O. The number of Topliss-reactive ketones (excluding diaryl/α,β-unsaturated/α-hetero) is 1. The van der Waals surface area contributed by atoms with Gasteiger partial charge in [-0.2, -0.15) is 5.26 Å². The van der Waals surface area contributed by atoms with E-state index in [1.165, 1.54) is 0 Å². The fraction of sp³-hybridized carbons (Fsp3) is 0.333. The highest BCUT2D eigenvalue weighted by atomic mass is 16.1. The molecule has 3 rings (SSSR count). The fourth-order valence-electron chi connectivity index (χ4n) is 3.50. The van der Waals surface area contributed by atoms with Gasteiger partial charge in [0.25, 0.3) is 0 Å². The zero-order valence-corrected chi connectivity index (χ0v) is 13.4. The number of carbonyl (C=O) groups is 1. The third-order valence-corrected chi connectivity index (χ3v) is 4.42. The molecule has 1 atom stereocenters. The maximum absolute atomic E-state index is 12.7. The number of hydrogen-bond donors (Lipinski definition) is 1. The molecule has 0 aromatic heterocycles. The second-order valence-electron chi connectivity index (χ2n) is 6.05. The van der Waals surface area contributed by atoms with Crippen LogP contribution in [0.3, 0.4) is 0 Å². The Morgan fingerprint density at radius 2 is 1.96 bits per heavy atom. The van der Waals surface area contributed by atoms with Crippen LogP contribution in [0.15, 0.2) is 53.0 Å². The van der Waals surface area contributed by atoms with Crippen LogP contribution in [0.25, 0.3) is 0 Å². The van der Waals surface area contributed by atoms with Gasteiger partial charge in [0.2, 0.25) is 0 Å². The van der Waals surface area contributed by atoms with Crippen LogP contribution < -0.4 is 5.73 Å². The largest absolute Gasteiger partial charge is 0.383 e. The van der Waals surface area contributed by atoms with Gasteiger partial charge >= 0.3 is 0 Å². The van der Waals surface area contributed by atoms with E-state index in [1.807, 2.05) is 54.4 Å². The maximum Gasteiger partial charge on any atom is 0.161 e. The maximum atomic E-state index is 12.7. The number of hydrogen-bond acceptors (Lipinski definition) is 5. The Kier molecular flexibility index (Phi) is 3.93. The van der Waals surface area contributed by atoms with Gasteiger partial charge in [-0.3, -0.25) is 9.80 Å². The van der Waals surface area contributed by atoms with E-state index in [1.54, 1.807) is 0 Å². The lowest BCUT2D eigenvalue weighted by atomic mass is 9.76. The Morgan fingerprint density at radius 3 is 2.57 bits per heavy atom. The number of carbonyl (C=O) groups excluding carboxylic acids is 1. The van der Waals surface area contributed by atoms with E-state index in [0.717, 1.165) is 29.7 Å². The van der Waals surface area contributed by atoms with Gasteiger partial charge < -0.3 is 5.73 Å². The summed E-state index contributed by atoms with van der Waals surface area (Å²) in [6.07, 6.45) is 2.14. The molecule has 0 saturated heterocycles. The first-order valence-electron chi connectivity index (χ1n) is 7.74. The quantitative estimate of drug-likeness (QED) is 0.907. The zero-order valence-electron chi connectivity index (χ0n) is 13.4. The van der Waals surface area contributed by atoms with Crippen molar-refractivity contribution in [3.63, 3.8) is 0 Å². The minimum Gasteiger partial charge on any atom is -0.383 e. The molecule has 23 heavy (non-hydrogen) atoms. The van der Waals surface area contributed by atoms with E-state index in [4.69, 9.17) is 5.73 Å². The van der Waals surface area contributed by atoms with E-state index < -0.39 is 0 Å². The van der Waals surface area contributed by atoms with Crippen LogP contribution in [-0.2, 0) is 4.79 Å². The summed E-state index contributed by atoms with van der Waals surface area (Å²) in [6.45, 7) is 0. The van der Waals surface area contributed by atoms with E-state index in [0.29, 0.717) is 17.8 Å². The summed E-state index contributed by atoms with van der Waals surface area (Å²) in [5.41, 5.74) is 9.34. The minimum absolute atomic E-state index is 0.118. The second-order valence-corrected chi connectivity index (χ2v) is 6.05. The average molecular weight is 308 g/mol. The number of allylic oxidation sites excluding steroid dienone is 3. The van der Waals surface area contributed by atoms with E-state index in [9.17, 15) is 10.1 Å². The first-order chi connectivity index (χ1) is 11.1. The first-order valence-corrected chi connectivity index (χ1v) is 7.74. The molecule has 0 bridgehead atoms. The lowest BCUT2D eigenvalue weighted by Crippen LogP contribution is -2.45. The van der Waals surface area contributed by atoms with Crippen molar-refractivity contribution in [2.75, 3.05) is 14.1 Å². The Morgan fingerprint density at radius 1 is 1.26 bits per heavy atom. The standard InChI is InChI=1S/C18H20N4O/c1-21(2)22-14-9-6-10-15(23)17(14)16(13(11-19)18(22)20)12-7-4-3-5-8-12/h3-5,7-8,16H,6,9-10,20H2,1-2H3/t16-/m1/s1. The van der Waals surface area contributed by atoms with Gasteiger partial charge in [-0.05, 0) is 18.4 Å². The molecule has 0 unspecified atom stereocenters. The number of nitrogens with zero attached hydrogens (tertiary/aromatic N) is 3. The number of rotatable bonds is 2. The Bertz CT molecular complexity index is 740. The van der Waals surface area contributed by atoms with Gasteiger partial charge in [0.15, 0.2) is 5.78 Å². The molecular weight excluding hydrogens is 288 g/mol. The topological polar surface area (TPSA) is 73.4 Å². The fourth-order valence-corrected chi connectivity index (χ4v) is 3.50. The van der Waals surface area contributed by atoms with Crippen molar-refractivity contribution in [1.82, 2.24) is 10.0 Å². The normalized spacial score (nSPS) is 21.6. The lowest BCUT2D eigenvalue weighted by Gasteiger charge is -2.42. The van der Waals surface area contributed by atoms with E-state index >= 15 is 0 Å². The molecule has 1 aromatic rings. The molecule has 1 aromatic carbocycles. The molecule has 0 fully saturated rings. The second kappa shape index (κ2) is 5.90. The highest BCUT2D eigenvalue weighted by Gasteiger charge is 2.40. The summed E-state index contributed by atoms with van der Waals surface area (Å²) in [4.78, 5) is 12.7. The smallest absolute Gasteiger partial charge is 0.161 e. The summed E-state index contributed by atoms with van der Waals surface area (Å²) in [7, 11) is 3.74. The van der Waals surface area contributed by atoms with Crippen molar-refractivity contribution in [3.8, 4) is 6.07 Å². The predicted octanol–water partition coefficient (Wildman–Crippen LogP) is 2.26. The molecule has 5 nitrogen and oxygen atoms in total. The van der Waals surface area contributed by atoms with Crippen molar-refractivity contribution in [2.24, 2.45) is 5.73 Å². The summed E-state index contributed by atoms with van der Waals surface area (Å²) in [6, 6.07) is 11.9. The third-order valence-electron chi connectivity index (χ3n) is 4.42. The monoisotopic (exact) mass is 308 g/mol. The molecule has 0 spiro atoms. The summed E-state index contributed by atoms with van der Waals surface area (Å²) >= 11 is 0. The summed E-state index contributed by atoms with van der Waals surface area (Å²) in [5.74, 6) is 0.173. The van der Waals surface area contributed by atoms with E-state index in [2.05, 4.69) is 6.07 Å². The number of nitrogens with two attached hydrogens (primary N) is 1. The predicted molar refractivity (Wildman–Crippen MR) is 87.4 cm³/mol. The average Bonchev–Trinajstić information content (AvgIpc) is 2.54. The van der Waals surface area contributed by atoms with Gasteiger partial charge in [-0.25, -0.2) is 5.01 Å². The van der Waals surface area contributed by atoms with Gasteiger partial charge in [0.05, 0.1) is 17.6 Å².